The maximum Gasteiger partial charge on any atom is 0.187 e. The van der Waals surface area contributed by atoms with E-state index in [4.69, 9.17) is 9.47 Å². The number of aromatic amines is 1. The van der Waals surface area contributed by atoms with Crippen molar-refractivity contribution in [1.82, 2.24) is 75.3 Å². The molecule has 0 spiro atoms. The fourth-order valence-corrected chi connectivity index (χ4v) is 7.28. The van der Waals surface area contributed by atoms with Gasteiger partial charge in [0.1, 0.15) is 65.1 Å². The van der Waals surface area contributed by atoms with Crippen LogP contribution in [0, 0.1) is 17.5 Å². The molecule has 9 aromatic rings. The number of nitrogens with one attached hydrogen (secondary N) is 1. The van der Waals surface area contributed by atoms with Crippen LogP contribution in [-0.2, 0) is 22.9 Å². The summed E-state index contributed by atoms with van der Waals surface area (Å²) in [5.74, 6) is -0.880. The fraction of sp³-hybridized carbons (Fsp3) is 0.217. The summed E-state index contributed by atoms with van der Waals surface area (Å²) in [6, 6.07) is 23.8. The number of benzene rings is 3. The molecule has 0 saturated carbocycles. The molecular formula is C46H46F3N15O2S3. The topological polar surface area (TPSA) is 199 Å². The summed E-state index contributed by atoms with van der Waals surface area (Å²) < 4.78 is 53.7. The van der Waals surface area contributed by atoms with Crippen LogP contribution in [-0.4, -0.2) is 107 Å². The number of ether oxygens (including phenoxy) is 2. The Labute approximate surface area is 408 Å². The quantitative estimate of drug-likeness (QED) is 0.0751. The zero-order valence-electron chi connectivity index (χ0n) is 37.2. The van der Waals surface area contributed by atoms with Crippen LogP contribution >= 0.6 is 35.3 Å². The molecular weight excluding hydrogens is 948 g/mol. The monoisotopic (exact) mass is 993 g/mol. The van der Waals surface area contributed by atoms with Gasteiger partial charge in [-0.2, -0.15) is 15.4 Å². The summed E-state index contributed by atoms with van der Waals surface area (Å²) in [6.45, 7) is 5.46. The highest BCUT2D eigenvalue weighted by Crippen LogP contribution is 2.32. The Hall–Kier alpha value is -6.92. The second kappa shape index (κ2) is 25.4. The zero-order chi connectivity index (χ0) is 47.8. The van der Waals surface area contributed by atoms with Crippen LogP contribution in [0.5, 0.6) is 0 Å². The standard InChI is InChI=1S/2C16H16FN5OS.C13H10FN5S.CH4/c1-3-23-10-22-15(11-4-6-12(17)7-5-11)14(20-21-22)13-8-9-18-16(19-13)24-2;1-3-23-10-22-15(13-8-9-18-16(19-13)24-2)14(20-21-22)11-4-6-12(17)7-5-11;1-20-13-15-7-6-10(16-13)12-11(17-19-18-12)8-2-4-9(14)5-3-8;/h2*4-9H,3,10H2,1-2H3;2-7H,1H3,(H,17,18,19);1H4. The molecule has 6 heterocycles. The van der Waals surface area contributed by atoms with Crippen LogP contribution in [0.25, 0.3) is 67.9 Å². The van der Waals surface area contributed by atoms with E-state index in [-0.39, 0.29) is 38.3 Å². The van der Waals surface area contributed by atoms with Crippen LogP contribution in [0.4, 0.5) is 13.2 Å². The first-order chi connectivity index (χ1) is 33.2. The molecule has 6 aromatic heterocycles. The minimum atomic E-state index is -0.297. The molecule has 0 fully saturated rings. The van der Waals surface area contributed by atoms with Crippen molar-refractivity contribution in [3.8, 4) is 67.9 Å². The van der Waals surface area contributed by atoms with Gasteiger partial charge in [0.25, 0.3) is 0 Å². The second-order valence-corrected chi connectivity index (χ2v) is 16.0. The van der Waals surface area contributed by atoms with E-state index in [9.17, 15) is 13.2 Å². The number of rotatable bonds is 15. The van der Waals surface area contributed by atoms with Gasteiger partial charge >= 0.3 is 0 Å². The van der Waals surface area contributed by atoms with E-state index in [1.54, 1.807) is 82.6 Å². The van der Waals surface area contributed by atoms with E-state index in [0.717, 1.165) is 22.4 Å². The van der Waals surface area contributed by atoms with Crippen molar-refractivity contribution in [3.05, 3.63) is 127 Å². The van der Waals surface area contributed by atoms with Crippen molar-refractivity contribution in [3.63, 3.8) is 0 Å². The van der Waals surface area contributed by atoms with E-state index < -0.39 is 0 Å². The van der Waals surface area contributed by atoms with Crippen LogP contribution in [0.15, 0.2) is 125 Å². The van der Waals surface area contributed by atoms with Gasteiger partial charge in [-0.15, -0.1) is 10.2 Å². The molecule has 1 N–H and O–H groups in total. The lowest BCUT2D eigenvalue weighted by molar-refractivity contribution is 0.0789. The van der Waals surface area contributed by atoms with Gasteiger partial charge < -0.3 is 9.47 Å². The predicted molar refractivity (Wildman–Crippen MR) is 261 cm³/mol. The molecule has 0 amide bonds. The first kappa shape index (κ1) is 51.5. The average molecular weight is 994 g/mol. The smallest absolute Gasteiger partial charge is 0.187 e. The van der Waals surface area contributed by atoms with Crippen LogP contribution in [0.3, 0.4) is 0 Å². The summed E-state index contributed by atoms with van der Waals surface area (Å²) in [4.78, 5) is 25.9. The lowest BCUT2D eigenvalue weighted by Gasteiger charge is -2.08. The van der Waals surface area contributed by atoms with E-state index in [1.807, 2.05) is 32.6 Å². The summed E-state index contributed by atoms with van der Waals surface area (Å²) in [5.41, 5.74) is 8.30. The second-order valence-electron chi connectivity index (χ2n) is 13.6. The van der Waals surface area contributed by atoms with Gasteiger partial charge in [-0.1, -0.05) is 53.1 Å². The number of H-pyrrole nitrogens is 1. The Balaban J connectivity index is 0.000000170. The molecule has 9 rings (SSSR count). The van der Waals surface area contributed by atoms with Gasteiger partial charge in [-0.3, -0.25) is 0 Å². The summed E-state index contributed by atoms with van der Waals surface area (Å²) in [6.07, 6.45) is 10.8. The summed E-state index contributed by atoms with van der Waals surface area (Å²) in [7, 11) is 0. The van der Waals surface area contributed by atoms with Crippen molar-refractivity contribution in [2.45, 2.75) is 50.2 Å². The molecule has 3 aromatic carbocycles. The average Bonchev–Trinajstić information content (AvgIpc) is 4.16. The first-order valence-electron chi connectivity index (χ1n) is 20.6. The first-order valence-corrected chi connectivity index (χ1v) is 24.2. The number of thioether (sulfide) groups is 3. The molecule has 17 nitrogen and oxygen atoms in total. The molecule has 0 aliphatic rings. The molecule has 0 aliphatic heterocycles. The number of nitrogens with zero attached hydrogens (tertiary/aromatic N) is 14. The molecule has 0 aliphatic carbocycles. The van der Waals surface area contributed by atoms with Gasteiger partial charge in [0.15, 0.2) is 15.5 Å². The normalized spacial score (nSPS) is 10.7. The molecule has 356 valence electrons. The Morgan fingerprint density at radius 1 is 0.478 bits per heavy atom. The molecule has 0 saturated heterocycles. The Kier molecular flexibility index (Phi) is 19.0. The highest BCUT2D eigenvalue weighted by atomic mass is 32.2. The van der Waals surface area contributed by atoms with Crippen molar-refractivity contribution in [1.29, 1.82) is 0 Å². The van der Waals surface area contributed by atoms with Gasteiger partial charge in [-0.05, 0) is 124 Å². The molecule has 0 atom stereocenters. The highest BCUT2D eigenvalue weighted by molar-refractivity contribution is 7.98. The number of halogens is 3. The Morgan fingerprint density at radius 2 is 0.870 bits per heavy atom. The third-order valence-electron chi connectivity index (χ3n) is 9.38. The van der Waals surface area contributed by atoms with Gasteiger partial charge in [-0.25, -0.2) is 52.4 Å². The minimum Gasteiger partial charge on any atom is -0.359 e. The van der Waals surface area contributed by atoms with E-state index in [1.165, 1.54) is 71.7 Å². The van der Waals surface area contributed by atoms with Crippen molar-refractivity contribution >= 4 is 35.3 Å². The maximum atomic E-state index is 13.3. The third kappa shape index (κ3) is 13.2. The lowest BCUT2D eigenvalue weighted by atomic mass is 10.1. The number of hydrogen-bond donors (Lipinski definition) is 1. The van der Waals surface area contributed by atoms with Gasteiger partial charge in [0.2, 0.25) is 0 Å². The van der Waals surface area contributed by atoms with Crippen molar-refractivity contribution in [2.24, 2.45) is 0 Å². The zero-order valence-corrected chi connectivity index (χ0v) is 39.6. The minimum absolute atomic E-state index is 0. The van der Waals surface area contributed by atoms with Gasteiger partial charge in [0.05, 0.1) is 17.1 Å². The van der Waals surface area contributed by atoms with Crippen molar-refractivity contribution < 1.29 is 22.6 Å². The highest BCUT2D eigenvalue weighted by Gasteiger charge is 2.21. The lowest BCUT2D eigenvalue weighted by Crippen LogP contribution is -2.07. The molecule has 0 bridgehead atoms. The van der Waals surface area contributed by atoms with Crippen LogP contribution in [0.1, 0.15) is 21.3 Å². The largest absolute Gasteiger partial charge is 0.359 e. The fourth-order valence-electron chi connectivity index (χ4n) is 6.22. The number of hydrogen-bond acceptors (Lipinski definition) is 17. The van der Waals surface area contributed by atoms with Crippen molar-refractivity contribution in [2.75, 3.05) is 32.0 Å². The molecule has 0 radical (unpaired) electrons. The molecule has 0 unspecified atom stereocenters. The van der Waals surface area contributed by atoms with E-state index in [0.29, 0.717) is 74.2 Å². The number of aromatic nitrogens is 15. The van der Waals surface area contributed by atoms with Gasteiger partial charge in [0, 0.05) is 48.5 Å². The van der Waals surface area contributed by atoms with E-state index in [2.05, 4.69) is 65.9 Å². The predicted octanol–water partition coefficient (Wildman–Crippen LogP) is 9.94. The van der Waals surface area contributed by atoms with Crippen LogP contribution < -0.4 is 0 Å². The Bertz CT molecular complexity index is 3010. The molecule has 23 heteroatoms. The SMILES string of the molecule is C.CCOCn1nnc(-c2ccc(F)cc2)c1-c1ccnc(SC)n1.CCOCn1nnc(-c2ccnc(SC)n2)c1-c1ccc(F)cc1.CSc1nccc(-c2n[nH]nc2-c2ccc(F)cc2)n1. The Morgan fingerprint density at radius 3 is 1.35 bits per heavy atom. The summed E-state index contributed by atoms with van der Waals surface area (Å²) in [5, 5.41) is 29.6. The maximum absolute atomic E-state index is 13.3. The molecule has 69 heavy (non-hydrogen) atoms. The third-order valence-corrected chi connectivity index (χ3v) is 11.1. The summed E-state index contributed by atoms with van der Waals surface area (Å²) >= 11 is 4.36. The van der Waals surface area contributed by atoms with Crippen LogP contribution in [0.2, 0.25) is 0 Å². The van der Waals surface area contributed by atoms with E-state index >= 15 is 0 Å².